The maximum atomic E-state index is 11.2. The maximum absolute atomic E-state index is 11.2. The number of piperidine rings is 1. The lowest BCUT2D eigenvalue weighted by Gasteiger charge is -2.32. The third-order valence-electron chi connectivity index (χ3n) is 7.25. The molecule has 2 heterocycles. The highest BCUT2D eigenvalue weighted by Crippen LogP contribution is 2.29. The Labute approximate surface area is 254 Å². The van der Waals surface area contributed by atoms with Gasteiger partial charge in [0.25, 0.3) is 0 Å². The number of rotatable bonds is 17. The number of hydrogen-bond acceptors (Lipinski definition) is 9. The van der Waals surface area contributed by atoms with Gasteiger partial charge in [0, 0.05) is 49.7 Å². The van der Waals surface area contributed by atoms with Crippen LogP contribution in [0.4, 0.5) is 0 Å². The first-order valence-electron chi connectivity index (χ1n) is 15.0. The van der Waals surface area contributed by atoms with E-state index in [0.29, 0.717) is 57.7 Å². The number of ether oxygens (including phenoxy) is 5. The number of carbonyl (C=O) groups excluding carboxylic acids is 1. The number of aromatic nitrogens is 2. The summed E-state index contributed by atoms with van der Waals surface area (Å²) in [6, 6.07) is 16.2. The third kappa shape index (κ3) is 10.5. The molecule has 0 radical (unpaired) electrons. The molecular formula is C33H44N4O6. The molecule has 1 aliphatic heterocycles. The number of nitrogens with one attached hydrogen (secondary N) is 2. The van der Waals surface area contributed by atoms with Gasteiger partial charge >= 0.3 is 0 Å². The average Bonchev–Trinajstić information content (AvgIpc) is 3.02. The topological polar surface area (TPSA) is 113 Å². The van der Waals surface area contributed by atoms with Gasteiger partial charge in [0.05, 0.1) is 39.6 Å². The van der Waals surface area contributed by atoms with E-state index in [2.05, 4.69) is 32.7 Å². The minimum Gasteiger partial charge on any atom is -0.496 e. The number of methoxy groups -OCH3 is 1. The Morgan fingerprint density at radius 2 is 1.86 bits per heavy atom. The van der Waals surface area contributed by atoms with Gasteiger partial charge in [0.15, 0.2) is 0 Å². The van der Waals surface area contributed by atoms with Crippen LogP contribution in [0.2, 0.25) is 0 Å². The summed E-state index contributed by atoms with van der Waals surface area (Å²) >= 11 is 0. The lowest BCUT2D eigenvalue weighted by Crippen LogP contribution is -2.41. The Morgan fingerprint density at radius 3 is 2.67 bits per heavy atom. The van der Waals surface area contributed by atoms with E-state index in [1.165, 1.54) is 12.5 Å². The second kappa shape index (κ2) is 17.4. The quantitative estimate of drug-likeness (QED) is 0.225. The highest BCUT2D eigenvalue weighted by molar-refractivity contribution is 5.72. The Bertz CT molecular complexity index is 1270. The second-order valence-corrected chi connectivity index (χ2v) is 10.5. The van der Waals surface area contributed by atoms with Gasteiger partial charge in [-0.25, -0.2) is 4.98 Å². The van der Waals surface area contributed by atoms with Crippen LogP contribution in [0.3, 0.4) is 0 Å². The van der Waals surface area contributed by atoms with E-state index in [0.717, 1.165) is 48.6 Å². The van der Waals surface area contributed by atoms with Crippen LogP contribution in [-0.2, 0) is 27.3 Å². The molecular weight excluding hydrogens is 548 g/mol. The SMILES string of the molecule is COc1ccccc1COCCCOc1ccc([C@H]2CCNC[C@@H]2OCCOc2nc(C)ncc2CCNC(C)=O)cc1. The molecule has 0 bridgehead atoms. The van der Waals surface area contributed by atoms with Crippen LogP contribution in [-0.4, -0.2) is 75.2 Å². The monoisotopic (exact) mass is 592 g/mol. The predicted octanol–water partition coefficient (Wildman–Crippen LogP) is 4.00. The molecule has 43 heavy (non-hydrogen) atoms. The molecule has 2 N–H and O–H groups in total. The zero-order chi connectivity index (χ0) is 30.3. The molecule has 3 aromatic rings. The molecule has 4 rings (SSSR count). The van der Waals surface area contributed by atoms with Crippen LogP contribution in [0, 0.1) is 6.92 Å². The summed E-state index contributed by atoms with van der Waals surface area (Å²) in [6.07, 6.45) is 4.19. The van der Waals surface area contributed by atoms with E-state index in [9.17, 15) is 4.79 Å². The van der Waals surface area contributed by atoms with Gasteiger partial charge in [-0.3, -0.25) is 4.79 Å². The van der Waals surface area contributed by atoms with E-state index in [1.807, 2.05) is 43.3 Å². The largest absolute Gasteiger partial charge is 0.496 e. The molecule has 1 saturated heterocycles. The fourth-order valence-electron chi connectivity index (χ4n) is 5.03. The van der Waals surface area contributed by atoms with Gasteiger partial charge in [-0.2, -0.15) is 4.98 Å². The Morgan fingerprint density at radius 1 is 1.02 bits per heavy atom. The van der Waals surface area contributed by atoms with Crippen LogP contribution in [0.15, 0.2) is 54.7 Å². The van der Waals surface area contributed by atoms with Crippen LogP contribution in [0.25, 0.3) is 0 Å². The van der Waals surface area contributed by atoms with Gasteiger partial charge in [-0.15, -0.1) is 0 Å². The number of nitrogens with zero attached hydrogens (tertiary/aromatic N) is 2. The van der Waals surface area contributed by atoms with E-state index >= 15 is 0 Å². The average molecular weight is 593 g/mol. The first-order valence-corrected chi connectivity index (χ1v) is 15.0. The lowest BCUT2D eigenvalue weighted by molar-refractivity contribution is -0.118. The van der Waals surface area contributed by atoms with Crippen molar-refractivity contribution in [2.24, 2.45) is 0 Å². The minimum absolute atomic E-state index is 0.0379. The number of carbonyl (C=O) groups is 1. The van der Waals surface area contributed by atoms with Crippen molar-refractivity contribution < 1.29 is 28.5 Å². The van der Waals surface area contributed by atoms with Crippen LogP contribution < -0.4 is 24.8 Å². The van der Waals surface area contributed by atoms with Crippen molar-refractivity contribution in [2.75, 3.05) is 53.2 Å². The summed E-state index contributed by atoms with van der Waals surface area (Å²) in [6.45, 7) is 8.11. The van der Waals surface area contributed by atoms with Crippen molar-refractivity contribution in [3.63, 3.8) is 0 Å². The van der Waals surface area contributed by atoms with Crippen molar-refractivity contribution >= 4 is 5.91 Å². The number of aryl methyl sites for hydroxylation is 1. The molecule has 1 fully saturated rings. The van der Waals surface area contributed by atoms with Gasteiger partial charge in [-0.05, 0) is 50.1 Å². The molecule has 2 atom stereocenters. The molecule has 10 nitrogen and oxygen atoms in total. The summed E-state index contributed by atoms with van der Waals surface area (Å²) in [4.78, 5) is 19.9. The summed E-state index contributed by atoms with van der Waals surface area (Å²) in [7, 11) is 1.67. The van der Waals surface area contributed by atoms with Crippen molar-refractivity contribution in [2.45, 2.75) is 51.7 Å². The molecule has 0 saturated carbocycles. The minimum atomic E-state index is -0.0658. The van der Waals surface area contributed by atoms with E-state index in [4.69, 9.17) is 23.7 Å². The molecule has 232 valence electrons. The van der Waals surface area contributed by atoms with Crippen molar-refractivity contribution in [1.82, 2.24) is 20.6 Å². The van der Waals surface area contributed by atoms with Gasteiger partial charge < -0.3 is 34.3 Å². The van der Waals surface area contributed by atoms with E-state index < -0.39 is 0 Å². The van der Waals surface area contributed by atoms with Gasteiger partial charge in [-0.1, -0.05) is 30.3 Å². The zero-order valence-electron chi connectivity index (χ0n) is 25.5. The predicted molar refractivity (Wildman–Crippen MR) is 164 cm³/mol. The normalized spacial score (nSPS) is 16.4. The van der Waals surface area contributed by atoms with Gasteiger partial charge in [0.1, 0.15) is 23.9 Å². The number of benzene rings is 2. The van der Waals surface area contributed by atoms with Crippen molar-refractivity contribution in [3.05, 3.63) is 77.2 Å². The molecule has 0 unspecified atom stereocenters. The Balaban J connectivity index is 1.18. The first-order chi connectivity index (χ1) is 21.0. The first kappa shape index (κ1) is 32.2. The molecule has 1 aromatic heterocycles. The number of amides is 1. The van der Waals surface area contributed by atoms with Crippen molar-refractivity contribution in [3.8, 4) is 17.4 Å². The summed E-state index contributed by atoms with van der Waals surface area (Å²) < 4.78 is 29.4. The van der Waals surface area contributed by atoms with E-state index in [-0.39, 0.29) is 17.9 Å². The zero-order valence-corrected chi connectivity index (χ0v) is 25.5. The molecule has 0 spiro atoms. The maximum Gasteiger partial charge on any atom is 0.220 e. The molecule has 2 aromatic carbocycles. The summed E-state index contributed by atoms with van der Waals surface area (Å²) in [5.74, 6) is 3.09. The highest BCUT2D eigenvalue weighted by Gasteiger charge is 2.27. The molecule has 0 aliphatic carbocycles. The third-order valence-corrected chi connectivity index (χ3v) is 7.25. The standard InChI is InChI=1S/C33H44N4O6/c1-24-36-21-27(13-16-35-25(2)38)33(37-24)43-20-19-42-32-22-34-15-14-30(32)26-9-11-29(12-10-26)41-18-6-17-40-23-28-7-4-5-8-31(28)39-3/h4-5,7-12,21,30,32,34H,6,13-20,22-23H2,1-3H3,(H,35,38)/t30-,32+/m1/s1. The van der Waals surface area contributed by atoms with Crippen LogP contribution in [0.1, 0.15) is 48.2 Å². The molecule has 1 amide bonds. The fourth-order valence-corrected chi connectivity index (χ4v) is 5.03. The highest BCUT2D eigenvalue weighted by atomic mass is 16.5. The fraction of sp³-hybridized carbons (Fsp3) is 0.485. The van der Waals surface area contributed by atoms with Crippen LogP contribution in [0.5, 0.6) is 17.4 Å². The number of para-hydroxylation sites is 1. The summed E-state index contributed by atoms with van der Waals surface area (Å²) in [5.41, 5.74) is 3.14. The second-order valence-electron chi connectivity index (χ2n) is 10.5. The van der Waals surface area contributed by atoms with Crippen LogP contribution >= 0.6 is 0 Å². The lowest BCUT2D eigenvalue weighted by atomic mass is 9.88. The Hall–Kier alpha value is -3.73. The van der Waals surface area contributed by atoms with Gasteiger partial charge in [0.2, 0.25) is 11.8 Å². The Kier molecular flexibility index (Phi) is 13.0. The number of hydrogen-bond donors (Lipinski definition) is 2. The van der Waals surface area contributed by atoms with E-state index in [1.54, 1.807) is 13.3 Å². The molecule has 10 heteroatoms. The van der Waals surface area contributed by atoms with Crippen molar-refractivity contribution in [1.29, 1.82) is 0 Å². The summed E-state index contributed by atoms with van der Waals surface area (Å²) in [5, 5.41) is 6.25. The smallest absolute Gasteiger partial charge is 0.220 e. The molecule has 1 aliphatic rings.